The highest BCUT2D eigenvalue weighted by atomic mass is 14.2. The zero-order valence-electron chi connectivity index (χ0n) is 9.11. The van der Waals surface area contributed by atoms with Crippen LogP contribution in [-0.4, -0.2) is 0 Å². The summed E-state index contributed by atoms with van der Waals surface area (Å²) in [6.45, 7) is 2.22. The van der Waals surface area contributed by atoms with Crippen molar-refractivity contribution in [1.82, 2.24) is 0 Å². The zero-order chi connectivity index (χ0) is 10.5. The SMILES string of the molecule is CCCc1cc2ccc1-2.c1ccccc1. The van der Waals surface area contributed by atoms with Gasteiger partial charge in [0.2, 0.25) is 0 Å². The Labute approximate surface area is 91.6 Å². The van der Waals surface area contributed by atoms with Crippen LogP contribution in [0.1, 0.15) is 18.9 Å². The number of fused-ring (bicyclic) bond motifs is 1. The van der Waals surface area contributed by atoms with Crippen molar-refractivity contribution in [3.05, 3.63) is 60.2 Å². The lowest BCUT2D eigenvalue weighted by atomic mass is 9.85. The van der Waals surface area contributed by atoms with Crippen molar-refractivity contribution in [3.8, 4) is 11.1 Å². The summed E-state index contributed by atoms with van der Waals surface area (Å²) >= 11 is 0. The van der Waals surface area contributed by atoms with E-state index in [2.05, 4.69) is 25.1 Å². The molecule has 0 bridgehead atoms. The van der Waals surface area contributed by atoms with Gasteiger partial charge in [0, 0.05) is 0 Å². The van der Waals surface area contributed by atoms with Gasteiger partial charge in [-0.1, -0.05) is 67.9 Å². The van der Waals surface area contributed by atoms with Crippen LogP contribution in [0, 0.1) is 0 Å². The van der Waals surface area contributed by atoms with Gasteiger partial charge < -0.3 is 0 Å². The second kappa shape index (κ2) is 4.79. The highest BCUT2D eigenvalue weighted by Gasteiger charge is 2.14. The van der Waals surface area contributed by atoms with Crippen LogP contribution in [-0.2, 0) is 6.42 Å². The average molecular weight is 196 g/mol. The van der Waals surface area contributed by atoms with Gasteiger partial charge in [0.25, 0.3) is 0 Å². The molecule has 0 N–H and O–H groups in total. The molecule has 0 heteroatoms. The van der Waals surface area contributed by atoms with Gasteiger partial charge in [-0.25, -0.2) is 0 Å². The fourth-order valence-electron chi connectivity index (χ4n) is 1.73. The zero-order valence-corrected chi connectivity index (χ0v) is 9.11. The normalized spacial score (nSPS) is 10.2. The molecule has 0 amide bonds. The van der Waals surface area contributed by atoms with Gasteiger partial charge >= 0.3 is 0 Å². The van der Waals surface area contributed by atoms with E-state index >= 15 is 0 Å². The molecule has 0 heterocycles. The van der Waals surface area contributed by atoms with E-state index in [0.717, 1.165) is 0 Å². The van der Waals surface area contributed by atoms with Gasteiger partial charge in [-0.05, 0) is 23.1 Å². The second-order valence-corrected chi connectivity index (χ2v) is 3.78. The maximum atomic E-state index is 2.29. The number of hydrogen-bond donors (Lipinski definition) is 0. The first kappa shape index (κ1) is 9.97. The lowest BCUT2D eigenvalue weighted by Gasteiger charge is -2.20. The summed E-state index contributed by atoms with van der Waals surface area (Å²) in [5.74, 6) is 0. The summed E-state index contributed by atoms with van der Waals surface area (Å²) in [4.78, 5) is 0. The number of benzene rings is 2. The molecule has 3 rings (SSSR count). The third-order valence-electron chi connectivity index (χ3n) is 2.60. The molecule has 0 atom stereocenters. The van der Waals surface area contributed by atoms with E-state index < -0.39 is 0 Å². The van der Waals surface area contributed by atoms with Crippen LogP contribution in [0.15, 0.2) is 54.6 Å². The van der Waals surface area contributed by atoms with Crippen LogP contribution < -0.4 is 0 Å². The largest absolute Gasteiger partial charge is 0.0651 e. The van der Waals surface area contributed by atoms with Gasteiger partial charge in [-0.15, -0.1) is 0 Å². The van der Waals surface area contributed by atoms with Gasteiger partial charge in [0.15, 0.2) is 0 Å². The molecule has 0 saturated heterocycles. The lowest BCUT2D eigenvalue weighted by molar-refractivity contribution is 0.915. The fraction of sp³-hybridized carbons (Fsp3) is 0.200. The number of rotatable bonds is 2. The average Bonchev–Trinajstić information content (AvgIpc) is 2.28. The Morgan fingerprint density at radius 3 is 1.73 bits per heavy atom. The Morgan fingerprint density at radius 1 is 0.867 bits per heavy atom. The minimum atomic E-state index is 1.27. The van der Waals surface area contributed by atoms with E-state index in [-0.39, 0.29) is 0 Å². The molecular formula is C15H16. The molecule has 0 aromatic heterocycles. The Bertz CT molecular complexity index is 389. The van der Waals surface area contributed by atoms with E-state index in [0.29, 0.717) is 0 Å². The van der Waals surface area contributed by atoms with Crippen molar-refractivity contribution in [2.75, 3.05) is 0 Å². The second-order valence-electron chi connectivity index (χ2n) is 3.78. The van der Waals surface area contributed by atoms with E-state index in [4.69, 9.17) is 0 Å². The van der Waals surface area contributed by atoms with Crippen LogP contribution in [0.2, 0.25) is 0 Å². The molecule has 0 saturated carbocycles. The topological polar surface area (TPSA) is 0 Å². The van der Waals surface area contributed by atoms with Gasteiger partial charge in [0.1, 0.15) is 0 Å². The molecule has 0 nitrogen and oxygen atoms in total. The highest BCUT2D eigenvalue weighted by molar-refractivity contribution is 5.80. The quantitative estimate of drug-likeness (QED) is 0.573. The van der Waals surface area contributed by atoms with Crippen LogP contribution in [0.25, 0.3) is 11.1 Å². The minimum absolute atomic E-state index is 1.27. The third-order valence-corrected chi connectivity index (χ3v) is 2.60. The monoisotopic (exact) mass is 196 g/mol. The number of aryl methyl sites for hydroxylation is 1. The predicted octanol–water partition coefficient (Wildman–Crippen LogP) is 4.31. The summed E-state index contributed by atoms with van der Waals surface area (Å²) in [5, 5.41) is 0. The first-order valence-corrected chi connectivity index (χ1v) is 5.55. The first-order chi connectivity index (χ1) is 7.42. The predicted molar refractivity (Wildman–Crippen MR) is 65.9 cm³/mol. The molecule has 1 aromatic carbocycles. The maximum absolute atomic E-state index is 2.29. The molecule has 76 valence electrons. The lowest BCUT2D eigenvalue weighted by Crippen LogP contribution is -1.99. The van der Waals surface area contributed by atoms with E-state index in [1.54, 1.807) is 5.56 Å². The van der Waals surface area contributed by atoms with Crippen molar-refractivity contribution in [2.45, 2.75) is 19.8 Å². The molecule has 2 aliphatic carbocycles. The molecule has 1 aromatic rings. The Balaban J connectivity index is 0.000000124. The van der Waals surface area contributed by atoms with Crippen molar-refractivity contribution in [2.24, 2.45) is 0 Å². The van der Waals surface area contributed by atoms with Crippen LogP contribution in [0.4, 0.5) is 0 Å². The molecule has 15 heavy (non-hydrogen) atoms. The molecule has 0 unspecified atom stereocenters. The first-order valence-electron chi connectivity index (χ1n) is 5.55. The van der Waals surface area contributed by atoms with Gasteiger partial charge in [-0.2, -0.15) is 0 Å². The minimum Gasteiger partial charge on any atom is -0.0651 e. The molecule has 0 aliphatic heterocycles. The Morgan fingerprint density at radius 2 is 1.47 bits per heavy atom. The summed E-state index contributed by atoms with van der Waals surface area (Å²) in [7, 11) is 0. The van der Waals surface area contributed by atoms with Gasteiger partial charge in [0.05, 0.1) is 0 Å². The third kappa shape index (κ3) is 2.27. The standard InChI is InChI=1S/C9H10.C6H6/c1-2-3-7-6-8-4-5-9(7)8;1-2-4-6-5-3-1/h4-6H,2-3H2,1H3;1-6H. The summed E-state index contributed by atoms with van der Waals surface area (Å²) in [6.07, 6.45) is 2.54. The smallest absolute Gasteiger partial charge is 0.0151 e. The number of hydrogen-bond acceptors (Lipinski definition) is 0. The van der Waals surface area contributed by atoms with E-state index in [9.17, 15) is 0 Å². The molecule has 0 spiro atoms. The molecule has 0 radical (unpaired) electrons. The van der Waals surface area contributed by atoms with Crippen LogP contribution in [0.3, 0.4) is 0 Å². The molecule has 2 aliphatic rings. The summed E-state index contributed by atoms with van der Waals surface area (Å²) < 4.78 is 0. The van der Waals surface area contributed by atoms with Gasteiger partial charge in [-0.3, -0.25) is 0 Å². The van der Waals surface area contributed by atoms with E-state index in [1.165, 1.54) is 24.0 Å². The maximum Gasteiger partial charge on any atom is -0.0151 e. The fourth-order valence-corrected chi connectivity index (χ4v) is 1.73. The van der Waals surface area contributed by atoms with Crippen LogP contribution in [0.5, 0.6) is 0 Å². The van der Waals surface area contributed by atoms with E-state index in [1.807, 2.05) is 36.4 Å². The summed E-state index contributed by atoms with van der Waals surface area (Å²) in [5.41, 5.74) is 4.56. The van der Waals surface area contributed by atoms with Crippen molar-refractivity contribution in [1.29, 1.82) is 0 Å². The Kier molecular flexibility index (Phi) is 3.18. The van der Waals surface area contributed by atoms with Crippen molar-refractivity contribution in [3.63, 3.8) is 0 Å². The Hall–Kier alpha value is -1.56. The highest BCUT2D eigenvalue weighted by Crippen LogP contribution is 2.36. The van der Waals surface area contributed by atoms with Crippen LogP contribution >= 0.6 is 0 Å². The summed E-state index contributed by atoms with van der Waals surface area (Å²) in [6, 6.07) is 18.7. The van der Waals surface area contributed by atoms with Crippen molar-refractivity contribution >= 4 is 0 Å². The molecule has 0 fully saturated rings. The van der Waals surface area contributed by atoms with Crippen molar-refractivity contribution < 1.29 is 0 Å². The molecular weight excluding hydrogens is 180 g/mol.